The van der Waals surface area contributed by atoms with Crippen molar-refractivity contribution in [2.75, 3.05) is 13.1 Å². The van der Waals surface area contributed by atoms with Gasteiger partial charge in [-0.15, -0.1) is 0 Å². The van der Waals surface area contributed by atoms with E-state index in [1.807, 2.05) is 18.2 Å². The van der Waals surface area contributed by atoms with Gasteiger partial charge in [0.05, 0.1) is 0 Å². The van der Waals surface area contributed by atoms with E-state index in [2.05, 4.69) is 179 Å². The van der Waals surface area contributed by atoms with Crippen LogP contribution in [0, 0.1) is 41.5 Å². The van der Waals surface area contributed by atoms with E-state index in [-0.39, 0.29) is 0 Å². The van der Waals surface area contributed by atoms with Crippen LogP contribution in [0.4, 0.5) is 11.4 Å². The van der Waals surface area contributed by atoms with Gasteiger partial charge in [0.2, 0.25) is 0 Å². The van der Waals surface area contributed by atoms with Crippen LogP contribution in [-0.2, 0) is 11.9 Å². The van der Waals surface area contributed by atoms with Crippen LogP contribution < -0.4 is 25.7 Å². The quantitative estimate of drug-likeness (QED) is 0.100. The third kappa shape index (κ3) is 8.22. The molecule has 0 unspecified atom stereocenters. The van der Waals surface area contributed by atoms with Crippen molar-refractivity contribution in [1.29, 1.82) is 0 Å². The molecule has 0 aliphatic carbocycles. The summed E-state index contributed by atoms with van der Waals surface area (Å²) in [6, 6.07) is 51.7. The van der Waals surface area contributed by atoms with Crippen molar-refractivity contribution in [2.45, 2.75) is 41.5 Å². The number of hydrogen-bond donors (Lipinski definition) is 1. The molecule has 6 heteroatoms. The van der Waals surface area contributed by atoms with Crippen LogP contribution in [-0.4, -0.2) is 22.1 Å². The number of nitrogens with zero attached hydrogens (tertiary/aromatic N) is 1. The van der Waals surface area contributed by atoms with Crippen molar-refractivity contribution in [3.05, 3.63) is 185 Å². The summed E-state index contributed by atoms with van der Waals surface area (Å²) in [5.74, 6) is 0. The molecule has 0 spiro atoms. The zero-order valence-corrected chi connectivity index (χ0v) is 35.0. The summed E-state index contributed by atoms with van der Waals surface area (Å²) in [6.45, 7) is 14.9. The van der Waals surface area contributed by atoms with E-state index in [4.69, 9.17) is 19.4 Å². The average Bonchev–Trinajstić information content (AvgIpc) is 3.55. The normalized spacial score (nSPS) is 14.1. The summed E-state index contributed by atoms with van der Waals surface area (Å²) >= 11 is -3.44. The zero-order valence-electron chi connectivity index (χ0n) is 30.9. The standard InChI is InChI=1S/C21H27N2.C18H15P.C7H6.2ClH.Ru/c1-14-9-16(3)20(17(4)10-14)23(8-7-22-13-23)21-18(5)11-15(2)12-19(21)6;1-4-10-16(11-5-1)19(17-12-6-2-7-13-17)18-14-8-3-9-15-18;1-7-5-3-2-4-6-7;;;/h9-12,22H,7-8H2,1-6H3;1-15H;1-6H;2*1H;/q+1;;;;;+2/p-2. The Hall–Kier alpha value is -3.39. The molecular formula is C46H48Cl2N2PRu+. The molecule has 6 aromatic carbocycles. The molecule has 0 amide bonds. The van der Waals surface area contributed by atoms with Gasteiger partial charge in [-0.25, -0.2) is 0 Å². The van der Waals surface area contributed by atoms with Gasteiger partial charge < -0.3 is 0 Å². The van der Waals surface area contributed by atoms with Gasteiger partial charge >= 0.3 is 210 Å². The van der Waals surface area contributed by atoms with Crippen LogP contribution >= 0.6 is 27.3 Å². The van der Waals surface area contributed by atoms with E-state index < -0.39 is 19.8 Å². The van der Waals surface area contributed by atoms with E-state index in [9.17, 15) is 0 Å². The Morgan fingerprint density at radius 1 is 0.538 bits per heavy atom. The molecule has 268 valence electrons. The van der Waals surface area contributed by atoms with E-state index in [1.165, 1.54) is 60.7 Å². The minimum Gasteiger partial charge on any atom is -0.0622 e. The van der Waals surface area contributed by atoms with Crippen LogP contribution in [0.25, 0.3) is 0 Å². The predicted molar refractivity (Wildman–Crippen MR) is 229 cm³/mol. The number of benzene rings is 6. The second-order valence-corrected chi connectivity index (χ2v) is 25.0. The number of halogens is 2. The van der Waals surface area contributed by atoms with E-state index >= 15 is 0 Å². The number of hydrogen-bond acceptors (Lipinski definition) is 1. The third-order valence-electron chi connectivity index (χ3n) is 9.39. The van der Waals surface area contributed by atoms with Crippen LogP contribution in [0.5, 0.6) is 0 Å². The summed E-state index contributed by atoms with van der Waals surface area (Å²) in [7, 11) is 14.3. The van der Waals surface area contributed by atoms with Crippen molar-refractivity contribution < 1.29 is 11.9 Å². The van der Waals surface area contributed by atoms with Crippen LogP contribution in [0.3, 0.4) is 0 Å². The third-order valence-corrected chi connectivity index (χ3v) is 17.5. The Labute approximate surface area is 322 Å². The summed E-state index contributed by atoms with van der Waals surface area (Å²) in [5, 5.41) is 7.91. The Bertz CT molecular complexity index is 2080. The minimum absolute atomic E-state index is 0.446. The molecule has 0 saturated carbocycles. The molecule has 1 saturated heterocycles. The summed E-state index contributed by atoms with van der Waals surface area (Å²) in [5.41, 5.74) is 11.3. The summed E-state index contributed by atoms with van der Waals surface area (Å²) in [4.78, 5) is 0. The van der Waals surface area contributed by atoms with Gasteiger partial charge in [-0.2, -0.15) is 0 Å². The molecule has 52 heavy (non-hydrogen) atoms. The molecule has 1 fully saturated rings. The fourth-order valence-electron chi connectivity index (χ4n) is 7.79. The fraction of sp³-hybridized carbons (Fsp3) is 0.174. The number of quaternary nitrogens is 1. The van der Waals surface area contributed by atoms with Gasteiger partial charge in [-0.05, 0) is 23.8 Å². The van der Waals surface area contributed by atoms with Crippen LogP contribution in [0.2, 0.25) is 0 Å². The molecule has 0 atom stereocenters. The summed E-state index contributed by atoms with van der Waals surface area (Å²) in [6.07, 6.45) is 0. The molecule has 0 aromatic heterocycles. The van der Waals surface area contributed by atoms with Crippen molar-refractivity contribution in [3.8, 4) is 0 Å². The first-order valence-electron chi connectivity index (χ1n) is 17.7. The Balaban J connectivity index is 0.000000206. The maximum atomic E-state index is 7.40. The molecule has 1 heterocycles. The maximum absolute atomic E-state index is 7.40. The second kappa shape index (κ2) is 16.7. The Morgan fingerprint density at radius 3 is 1.25 bits per heavy atom. The molecule has 1 aliphatic rings. The number of rotatable bonds is 6. The maximum Gasteiger partial charge on any atom is -0.0134 e. The molecular weight excluding hydrogens is 783 g/mol. The van der Waals surface area contributed by atoms with Crippen molar-refractivity contribution in [1.82, 2.24) is 9.80 Å². The second-order valence-electron chi connectivity index (χ2n) is 13.5. The topological polar surface area (TPSA) is 12.0 Å². The monoisotopic (exact) mass is 831 g/mol. The van der Waals surface area contributed by atoms with Crippen molar-refractivity contribution in [2.24, 2.45) is 0 Å². The molecule has 0 bridgehead atoms. The Kier molecular flexibility index (Phi) is 12.3. The first-order valence-corrected chi connectivity index (χ1v) is 25.3. The van der Waals surface area contributed by atoms with Gasteiger partial charge in [0.1, 0.15) is 0 Å². The SMILES string of the molecule is Cc1cc(C)c([N+]2(c3c(C)cc(C)cc3C)CCN[C]2=[Ru]([Cl])([Cl])=[CH]c2ccccc2)c(C)c1.c1ccc(P(c2ccccc2)c2ccccc2)cc1. The Morgan fingerprint density at radius 2 is 0.885 bits per heavy atom. The summed E-state index contributed by atoms with van der Waals surface area (Å²) < 4.78 is 3.76. The predicted octanol–water partition coefficient (Wildman–Crippen LogP) is 10.6. The number of nitrogens with one attached hydrogen (secondary N) is 1. The largest absolute Gasteiger partial charge is 0.0622 e. The van der Waals surface area contributed by atoms with Crippen molar-refractivity contribution >= 4 is 63.6 Å². The molecule has 1 aliphatic heterocycles. The smallest absolute Gasteiger partial charge is 0.0134 e. The zero-order chi connectivity index (χ0) is 36.9. The minimum atomic E-state index is -3.44. The van der Waals surface area contributed by atoms with Crippen LogP contribution in [0.15, 0.2) is 146 Å². The van der Waals surface area contributed by atoms with Gasteiger partial charge in [0, 0.05) is 0 Å². The van der Waals surface area contributed by atoms with Gasteiger partial charge in [-0.3, -0.25) is 0 Å². The van der Waals surface area contributed by atoms with Crippen molar-refractivity contribution in [3.63, 3.8) is 0 Å². The fourth-order valence-corrected chi connectivity index (χ4v) is 16.3. The molecule has 2 nitrogen and oxygen atoms in total. The first kappa shape index (κ1) is 38.3. The van der Waals surface area contributed by atoms with Gasteiger partial charge in [-0.1, -0.05) is 91.0 Å². The molecule has 6 aromatic rings. The van der Waals surface area contributed by atoms with E-state index in [0.717, 1.165) is 23.0 Å². The van der Waals surface area contributed by atoms with E-state index in [1.54, 1.807) is 0 Å². The molecule has 0 radical (unpaired) electrons. The van der Waals surface area contributed by atoms with Gasteiger partial charge in [0.25, 0.3) is 0 Å². The van der Waals surface area contributed by atoms with E-state index in [0.29, 0.717) is 4.48 Å². The first-order chi connectivity index (χ1) is 25.0. The van der Waals surface area contributed by atoms with Gasteiger partial charge in [0.15, 0.2) is 0 Å². The molecule has 7 rings (SSSR count). The van der Waals surface area contributed by atoms with Crippen LogP contribution in [0.1, 0.15) is 38.9 Å². The number of aryl methyl sites for hydroxylation is 6. The average molecular weight is 832 g/mol. The molecule has 1 N–H and O–H groups in total.